The largest absolute Gasteiger partial charge is 0.468 e. The third-order valence-corrected chi connectivity index (χ3v) is 3.91. The van der Waals surface area contributed by atoms with Gasteiger partial charge in [0.25, 0.3) is 0 Å². The van der Waals surface area contributed by atoms with Gasteiger partial charge in [-0.3, -0.25) is 9.69 Å². The Bertz CT molecular complexity index is 515. The van der Waals surface area contributed by atoms with Crippen LogP contribution in [0.1, 0.15) is 5.56 Å². The Balaban J connectivity index is 1.79. The quantitative estimate of drug-likeness (QED) is 0.792. The molecule has 1 amide bonds. The number of esters is 1. The van der Waals surface area contributed by atoms with Crippen molar-refractivity contribution in [2.75, 3.05) is 39.8 Å². The molecule has 1 aliphatic heterocycles. The molecule has 0 bridgehead atoms. The second-order valence-electron chi connectivity index (χ2n) is 5.34. The van der Waals surface area contributed by atoms with Gasteiger partial charge in [0, 0.05) is 32.7 Å². The average molecular weight is 321 g/mol. The summed E-state index contributed by atoms with van der Waals surface area (Å²) < 4.78 is 10.1. The van der Waals surface area contributed by atoms with Gasteiger partial charge in [0.05, 0.1) is 7.11 Å². The number of benzene rings is 1. The van der Waals surface area contributed by atoms with E-state index < -0.39 is 6.04 Å². The van der Waals surface area contributed by atoms with Crippen molar-refractivity contribution in [1.29, 1.82) is 0 Å². The first-order chi connectivity index (χ1) is 11.2. The highest BCUT2D eigenvalue weighted by atomic mass is 16.6. The molecule has 0 aliphatic carbocycles. The summed E-state index contributed by atoms with van der Waals surface area (Å²) in [5.74, 6) is -0.340. The van der Waals surface area contributed by atoms with E-state index in [0.717, 1.165) is 5.56 Å². The first-order valence-electron chi connectivity index (χ1n) is 7.63. The number of hydrogen-bond donors (Lipinski definition) is 1. The number of piperazine rings is 1. The van der Waals surface area contributed by atoms with E-state index in [0.29, 0.717) is 26.2 Å². The van der Waals surface area contributed by atoms with E-state index in [2.05, 4.69) is 0 Å². The molecule has 0 spiro atoms. The van der Waals surface area contributed by atoms with Crippen LogP contribution in [0.5, 0.6) is 0 Å². The van der Waals surface area contributed by atoms with Gasteiger partial charge in [0.1, 0.15) is 12.6 Å². The summed E-state index contributed by atoms with van der Waals surface area (Å²) in [6, 6.07) is 9.09. The van der Waals surface area contributed by atoms with Crippen molar-refractivity contribution in [3.05, 3.63) is 35.9 Å². The van der Waals surface area contributed by atoms with Crippen LogP contribution in [0.15, 0.2) is 30.3 Å². The summed E-state index contributed by atoms with van der Waals surface area (Å²) in [7, 11) is 1.35. The van der Waals surface area contributed by atoms with E-state index in [1.54, 1.807) is 4.90 Å². The summed E-state index contributed by atoms with van der Waals surface area (Å²) in [6.45, 7) is 2.59. The van der Waals surface area contributed by atoms with Crippen LogP contribution in [-0.4, -0.2) is 67.7 Å². The number of ether oxygens (including phenoxy) is 2. The Labute approximate surface area is 135 Å². The molecule has 7 nitrogen and oxygen atoms in total. The van der Waals surface area contributed by atoms with Crippen LogP contribution in [0, 0.1) is 0 Å². The standard InChI is InChI=1S/C16H23N3O4/c1-22-15(20)14(11-17)18-7-9-19(10-8-18)16(21)23-12-13-5-3-2-4-6-13/h2-6,14H,7-12,17H2,1H3. The fraction of sp³-hybridized carbons (Fsp3) is 0.500. The van der Waals surface area contributed by atoms with Crippen molar-refractivity contribution in [2.24, 2.45) is 5.73 Å². The third-order valence-electron chi connectivity index (χ3n) is 3.91. The van der Waals surface area contributed by atoms with Crippen LogP contribution < -0.4 is 5.73 Å². The molecule has 2 rings (SSSR count). The minimum absolute atomic E-state index is 0.200. The van der Waals surface area contributed by atoms with Gasteiger partial charge in [0.2, 0.25) is 0 Å². The summed E-state index contributed by atoms with van der Waals surface area (Å²) >= 11 is 0. The Kier molecular flexibility index (Phi) is 6.37. The normalized spacial score (nSPS) is 16.7. The average Bonchev–Trinajstić information content (AvgIpc) is 2.61. The molecule has 1 heterocycles. The Morgan fingerprint density at radius 1 is 1.17 bits per heavy atom. The number of hydrogen-bond acceptors (Lipinski definition) is 6. The number of methoxy groups -OCH3 is 1. The highest BCUT2D eigenvalue weighted by molar-refractivity contribution is 5.76. The molecular weight excluding hydrogens is 298 g/mol. The fourth-order valence-electron chi connectivity index (χ4n) is 2.56. The first kappa shape index (κ1) is 17.2. The van der Waals surface area contributed by atoms with E-state index in [4.69, 9.17) is 15.2 Å². The maximum atomic E-state index is 12.1. The number of amides is 1. The van der Waals surface area contributed by atoms with Crippen molar-refractivity contribution < 1.29 is 19.1 Å². The van der Waals surface area contributed by atoms with Crippen molar-refractivity contribution in [1.82, 2.24) is 9.80 Å². The highest BCUT2D eigenvalue weighted by Crippen LogP contribution is 2.10. The molecule has 1 aliphatic rings. The molecule has 0 radical (unpaired) electrons. The predicted octanol–water partition coefficient (Wildman–Crippen LogP) is 0.441. The van der Waals surface area contributed by atoms with Crippen molar-refractivity contribution in [2.45, 2.75) is 12.6 Å². The molecule has 126 valence electrons. The molecular formula is C16H23N3O4. The van der Waals surface area contributed by atoms with E-state index in [1.807, 2.05) is 35.2 Å². The molecule has 1 aromatic rings. The lowest BCUT2D eigenvalue weighted by atomic mass is 10.2. The van der Waals surface area contributed by atoms with Crippen LogP contribution >= 0.6 is 0 Å². The van der Waals surface area contributed by atoms with Gasteiger partial charge >= 0.3 is 12.1 Å². The van der Waals surface area contributed by atoms with Crippen molar-refractivity contribution in [3.63, 3.8) is 0 Å². The van der Waals surface area contributed by atoms with Gasteiger partial charge in [0.15, 0.2) is 0 Å². The first-order valence-corrected chi connectivity index (χ1v) is 7.63. The minimum Gasteiger partial charge on any atom is -0.468 e. The molecule has 1 fully saturated rings. The SMILES string of the molecule is COC(=O)C(CN)N1CCN(C(=O)OCc2ccccc2)CC1. The fourth-order valence-corrected chi connectivity index (χ4v) is 2.56. The van der Waals surface area contributed by atoms with E-state index in [9.17, 15) is 9.59 Å². The highest BCUT2D eigenvalue weighted by Gasteiger charge is 2.30. The smallest absolute Gasteiger partial charge is 0.410 e. The zero-order valence-corrected chi connectivity index (χ0v) is 13.3. The topological polar surface area (TPSA) is 85.1 Å². The molecule has 1 aromatic carbocycles. The lowest BCUT2D eigenvalue weighted by Gasteiger charge is -2.37. The summed E-state index contributed by atoms with van der Waals surface area (Å²) in [6.07, 6.45) is -0.337. The zero-order chi connectivity index (χ0) is 16.7. The molecule has 0 aromatic heterocycles. The lowest BCUT2D eigenvalue weighted by molar-refractivity contribution is -0.147. The maximum absolute atomic E-state index is 12.1. The van der Waals surface area contributed by atoms with E-state index in [1.165, 1.54) is 7.11 Å². The second-order valence-corrected chi connectivity index (χ2v) is 5.34. The molecule has 1 atom stereocenters. The number of nitrogens with zero attached hydrogens (tertiary/aromatic N) is 2. The number of nitrogens with two attached hydrogens (primary N) is 1. The molecule has 23 heavy (non-hydrogen) atoms. The van der Waals surface area contributed by atoms with E-state index >= 15 is 0 Å². The van der Waals surface area contributed by atoms with Crippen LogP contribution in [0.4, 0.5) is 4.79 Å². The Morgan fingerprint density at radius 3 is 2.39 bits per heavy atom. The molecule has 2 N–H and O–H groups in total. The third kappa shape index (κ3) is 4.67. The van der Waals surface area contributed by atoms with Crippen LogP contribution in [-0.2, 0) is 20.9 Å². The molecule has 1 saturated heterocycles. The zero-order valence-electron chi connectivity index (χ0n) is 13.3. The predicted molar refractivity (Wildman–Crippen MR) is 84.6 cm³/mol. The van der Waals surface area contributed by atoms with Crippen molar-refractivity contribution in [3.8, 4) is 0 Å². The lowest BCUT2D eigenvalue weighted by Crippen LogP contribution is -2.56. The van der Waals surface area contributed by atoms with Gasteiger partial charge < -0.3 is 20.1 Å². The van der Waals surface area contributed by atoms with Crippen LogP contribution in [0.25, 0.3) is 0 Å². The van der Waals surface area contributed by atoms with Crippen LogP contribution in [0.3, 0.4) is 0 Å². The van der Waals surface area contributed by atoms with Gasteiger partial charge in [-0.1, -0.05) is 30.3 Å². The summed E-state index contributed by atoms with van der Waals surface area (Å²) in [4.78, 5) is 27.3. The van der Waals surface area contributed by atoms with Crippen LogP contribution in [0.2, 0.25) is 0 Å². The minimum atomic E-state index is -0.456. The maximum Gasteiger partial charge on any atom is 0.410 e. The van der Waals surface area contributed by atoms with E-state index in [-0.39, 0.29) is 25.2 Å². The summed E-state index contributed by atoms with van der Waals surface area (Å²) in [5.41, 5.74) is 6.59. The van der Waals surface area contributed by atoms with Crippen molar-refractivity contribution >= 4 is 12.1 Å². The Hall–Kier alpha value is -2.12. The van der Waals surface area contributed by atoms with Gasteiger partial charge in [-0.2, -0.15) is 0 Å². The number of carbonyl (C=O) groups is 2. The van der Waals surface area contributed by atoms with Gasteiger partial charge in [-0.15, -0.1) is 0 Å². The number of rotatable bonds is 5. The molecule has 7 heteroatoms. The van der Waals surface area contributed by atoms with Gasteiger partial charge in [-0.25, -0.2) is 4.79 Å². The number of carbonyl (C=O) groups excluding carboxylic acids is 2. The Morgan fingerprint density at radius 2 is 1.83 bits per heavy atom. The second kappa shape index (κ2) is 8.50. The molecule has 1 unspecified atom stereocenters. The summed E-state index contributed by atoms with van der Waals surface area (Å²) in [5, 5.41) is 0. The van der Waals surface area contributed by atoms with Gasteiger partial charge in [-0.05, 0) is 5.56 Å². The monoisotopic (exact) mass is 321 g/mol. The molecule has 0 saturated carbocycles.